The highest BCUT2D eigenvalue weighted by Gasteiger charge is 2.19. The van der Waals surface area contributed by atoms with Crippen molar-refractivity contribution in [3.63, 3.8) is 0 Å². The fraction of sp³-hybridized carbons (Fsp3) is 0.0303. The largest absolute Gasteiger partial charge is 0.321 e. The minimum Gasteiger partial charge on any atom is -0.321 e. The number of thiazole rings is 1. The van der Waals surface area contributed by atoms with Gasteiger partial charge >= 0.3 is 0 Å². The SMILES string of the molecule is O=C(CSc1cccc(NC(=O)/C(=C\c2ccccc2[N+](=O)[O-])NC(=O)c2ccccc2)c1)Nc1nc(-c2ccccc2)cs1. The first-order valence-corrected chi connectivity index (χ1v) is 15.4. The summed E-state index contributed by atoms with van der Waals surface area (Å²) in [6, 6.07) is 30.7. The van der Waals surface area contributed by atoms with E-state index in [4.69, 9.17) is 0 Å². The lowest BCUT2D eigenvalue weighted by molar-refractivity contribution is -0.385. The van der Waals surface area contributed by atoms with Crippen LogP contribution in [0.5, 0.6) is 0 Å². The van der Waals surface area contributed by atoms with Crippen molar-refractivity contribution in [2.24, 2.45) is 0 Å². The first-order chi connectivity index (χ1) is 21.9. The van der Waals surface area contributed by atoms with Crippen molar-refractivity contribution < 1.29 is 19.3 Å². The average Bonchev–Trinajstić information content (AvgIpc) is 3.53. The highest BCUT2D eigenvalue weighted by molar-refractivity contribution is 8.00. The predicted octanol–water partition coefficient (Wildman–Crippen LogP) is 6.86. The van der Waals surface area contributed by atoms with Crippen molar-refractivity contribution in [2.45, 2.75) is 4.90 Å². The Bertz CT molecular complexity index is 1880. The number of benzene rings is 4. The maximum Gasteiger partial charge on any atom is 0.276 e. The summed E-state index contributed by atoms with van der Waals surface area (Å²) in [7, 11) is 0. The Hall–Kier alpha value is -5.59. The van der Waals surface area contributed by atoms with Gasteiger partial charge in [-0.25, -0.2) is 4.98 Å². The zero-order valence-electron chi connectivity index (χ0n) is 23.5. The van der Waals surface area contributed by atoms with Gasteiger partial charge in [0.25, 0.3) is 17.5 Å². The molecule has 0 aliphatic rings. The average molecular weight is 636 g/mol. The van der Waals surface area contributed by atoms with Crippen molar-refractivity contribution in [2.75, 3.05) is 16.4 Å². The number of carbonyl (C=O) groups is 3. The number of nitro groups is 1. The van der Waals surface area contributed by atoms with Crippen molar-refractivity contribution in [1.29, 1.82) is 0 Å². The number of nitro benzene ring substituents is 1. The smallest absolute Gasteiger partial charge is 0.276 e. The first kappa shape index (κ1) is 30.9. The van der Waals surface area contributed by atoms with Crippen LogP contribution in [0.2, 0.25) is 0 Å². The highest BCUT2D eigenvalue weighted by Crippen LogP contribution is 2.26. The molecule has 0 aliphatic heterocycles. The van der Waals surface area contributed by atoms with Crippen LogP contribution in [0, 0.1) is 10.1 Å². The second-order valence-corrected chi connectivity index (χ2v) is 11.3. The minimum absolute atomic E-state index is 0.105. The Morgan fingerprint density at radius 1 is 0.867 bits per heavy atom. The van der Waals surface area contributed by atoms with E-state index in [9.17, 15) is 24.5 Å². The summed E-state index contributed by atoms with van der Waals surface area (Å²) >= 11 is 2.61. The zero-order chi connectivity index (χ0) is 31.6. The first-order valence-electron chi connectivity index (χ1n) is 13.5. The Balaban J connectivity index is 1.26. The van der Waals surface area contributed by atoms with E-state index in [0.29, 0.717) is 21.3 Å². The molecule has 0 unspecified atom stereocenters. The number of anilines is 2. The lowest BCUT2D eigenvalue weighted by Gasteiger charge is -2.12. The third-order valence-electron chi connectivity index (χ3n) is 6.24. The van der Waals surface area contributed by atoms with Crippen molar-refractivity contribution in [3.05, 3.63) is 142 Å². The number of nitrogens with one attached hydrogen (secondary N) is 3. The number of thioether (sulfide) groups is 1. The maximum absolute atomic E-state index is 13.4. The molecule has 0 spiro atoms. The molecule has 12 heteroatoms. The normalized spacial score (nSPS) is 11.0. The van der Waals surface area contributed by atoms with E-state index >= 15 is 0 Å². The van der Waals surface area contributed by atoms with Crippen LogP contribution in [0.4, 0.5) is 16.5 Å². The molecule has 5 aromatic rings. The highest BCUT2D eigenvalue weighted by atomic mass is 32.2. The molecule has 1 heterocycles. The van der Waals surface area contributed by atoms with Crippen molar-refractivity contribution in [3.8, 4) is 11.3 Å². The summed E-state index contributed by atoms with van der Waals surface area (Å²) in [5.74, 6) is -1.37. The Morgan fingerprint density at radius 2 is 1.58 bits per heavy atom. The van der Waals surface area contributed by atoms with Gasteiger partial charge in [0.1, 0.15) is 5.70 Å². The molecule has 45 heavy (non-hydrogen) atoms. The fourth-order valence-electron chi connectivity index (χ4n) is 4.11. The van der Waals surface area contributed by atoms with E-state index in [2.05, 4.69) is 20.9 Å². The van der Waals surface area contributed by atoms with Crippen LogP contribution < -0.4 is 16.0 Å². The molecule has 3 N–H and O–H groups in total. The molecular formula is C33H25N5O5S2. The second-order valence-electron chi connectivity index (χ2n) is 9.42. The van der Waals surface area contributed by atoms with Gasteiger partial charge in [-0.3, -0.25) is 24.5 Å². The van der Waals surface area contributed by atoms with Gasteiger partial charge in [-0.05, 0) is 42.5 Å². The van der Waals surface area contributed by atoms with Crippen LogP contribution in [0.15, 0.2) is 125 Å². The van der Waals surface area contributed by atoms with Gasteiger partial charge in [0.2, 0.25) is 5.91 Å². The van der Waals surface area contributed by atoms with Gasteiger partial charge in [0, 0.05) is 33.2 Å². The van der Waals surface area contributed by atoms with Gasteiger partial charge in [-0.1, -0.05) is 66.7 Å². The maximum atomic E-state index is 13.4. The molecule has 10 nitrogen and oxygen atoms in total. The van der Waals surface area contributed by atoms with Crippen LogP contribution in [0.3, 0.4) is 0 Å². The minimum atomic E-state index is -0.685. The summed E-state index contributed by atoms with van der Waals surface area (Å²) < 4.78 is 0. The third-order valence-corrected chi connectivity index (χ3v) is 8.00. The summed E-state index contributed by atoms with van der Waals surface area (Å²) in [6.07, 6.45) is 1.26. The molecule has 224 valence electrons. The number of hydrogen-bond donors (Lipinski definition) is 3. The molecule has 0 aliphatic carbocycles. The van der Waals surface area contributed by atoms with Gasteiger partial charge in [-0.2, -0.15) is 0 Å². The van der Waals surface area contributed by atoms with Crippen LogP contribution >= 0.6 is 23.1 Å². The molecule has 0 fully saturated rings. The number of para-hydroxylation sites is 1. The molecule has 3 amide bonds. The van der Waals surface area contributed by atoms with E-state index in [1.807, 2.05) is 35.7 Å². The van der Waals surface area contributed by atoms with Crippen LogP contribution in [-0.2, 0) is 9.59 Å². The van der Waals surface area contributed by atoms with Crippen molar-refractivity contribution in [1.82, 2.24) is 10.3 Å². The van der Waals surface area contributed by atoms with Crippen molar-refractivity contribution >= 4 is 63.4 Å². The topological polar surface area (TPSA) is 143 Å². The number of amides is 3. The van der Waals surface area contributed by atoms with Gasteiger partial charge in [-0.15, -0.1) is 23.1 Å². The van der Waals surface area contributed by atoms with Crippen LogP contribution in [-0.4, -0.2) is 33.4 Å². The number of aromatic nitrogens is 1. The number of hydrogen-bond acceptors (Lipinski definition) is 8. The Labute approximate surface area is 266 Å². The summed E-state index contributed by atoms with van der Waals surface area (Å²) in [6.45, 7) is 0. The molecule has 1 aromatic heterocycles. The predicted molar refractivity (Wildman–Crippen MR) is 177 cm³/mol. The molecule has 0 bridgehead atoms. The molecule has 0 saturated carbocycles. The summed E-state index contributed by atoms with van der Waals surface area (Å²) in [5.41, 5.74) is 2.19. The van der Waals surface area contributed by atoms with E-state index in [1.54, 1.807) is 60.7 Å². The second kappa shape index (κ2) is 14.7. The molecule has 0 saturated heterocycles. The third kappa shape index (κ3) is 8.50. The summed E-state index contributed by atoms with van der Waals surface area (Å²) in [4.78, 5) is 55.2. The van der Waals surface area contributed by atoms with E-state index in [-0.39, 0.29) is 28.6 Å². The zero-order valence-corrected chi connectivity index (χ0v) is 25.1. The Morgan fingerprint density at radius 3 is 2.33 bits per heavy atom. The Kier molecular flexibility index (Phi) is 10.1. The van der Waals surface area contributed by atoms with E-state index < -0.39 is 16.7 Å². The fourth-order valence-corrected chi connectivity index (χ4v) is 5.60. The summed E-state index contributed by atoms with van der Waals surface area (Å²) in [5, 5.41) is 22.1. The van der Waals surface area contributed by atoms with Gasteiger partial charge in [0.15, 0.2) is 5.13 Å². The monoisotopic (exact) mass is 635 g/mol. The quantitative estimate of drug-likeness (QED) is 0.0623. The van der Waals surface area contributed by atoms with Crippen LogP contribution in [0.25, 0.3) is 17.3 Å². The molecule has 0 radical (unpaired) electrons. The number of nitrogens with zero attached hydrogens (tertiary/aromatic N) is 2. The lowest BCUT2D eigenvalue weighted by atomic mass is 10.1. The lowest BCUT2D eigenvalue weighted by Crippen LogP contribution is -2.30. The van der Waals surface area contributed by atoms with Crippen LogP contribution in [0.1, 0.15) is 15.9 Å². The molecular weight excluding hydrogens is 611 g/mol. The number of carbonyl (C=O) groups excluding carboxylic acids is 3. The number of rotatable bonds is 11. The van der Waals surface area contributed by atoms with Gasteiger partial charge < -0.3 is 16.0 Å². The van der Waals surface area contributed by atoms with E-state index in [0.717, 1.165) is 11.3 Å². The molecule has 4 aromatic carbocycles. The van der Waals surface area contributed by atoms with Gasteiger partial charge in [0.05, 0.1) is 21.9 Å². The standard InChI is InChI=1S/C33H25N5O5S2/c39-30(37-33-36-28(20-45-33)22-10-3-1-4-11-22)21-44-26-16-9-15-25(19-26)34-32(41)27(35-31(40)23-12-5-2-6-13-23)18-24-14-7-8-17-29(24)38(42)43/h1-20H,21H2,(H,34,41)(H,35,40)(H,36,37,39)/b27-18+. The van der Waals surface area contributed by atoms with E-state index in [1.165, 1.54) is 47.4 Å². The molecule has 5 rings (SSSR count). The molecule has 0 atom stereocenters.